The molecule has 0 saturated carbocycles. The van der Waals surface area contributed by atoms with E-state index < -0.39 is 0 Å². The van der Waals surface area contributed by atoms with Gasteiger partial charge in [-0.1, -0.05) is 43.4 Å². The zero-order valence-electron chi connectivity index (χ0n) is 13.8. The van der Waals surface area contributed by atoms with E-state index in [9.17, 15) is 0 Å². The second kappa shape index (κ2) is 9.24. The van der Waals surface area contributed by atoms with Crippen LogP contribution in [-0.2, 0) is 12.8 Å². The number of nitrogens with one attached hydrogen (secondary N) is 1. The van der Waals surface area contributed by atoms with Crippen LogP contribution >= 0.6 is 0 Å². The number of aryl methyl sites for hydroxylation is 2. The van der Waals surface area contributed by atoms with Gasteiger partial charge >= 0.3 is 0 Å². The molecule has 2 heterocycles. The van der Waals surface area contributed by atoms with E-state index in [-0.39, 0.29) is 0 Å². The lowest BCUT2D eigenvalue weighted by molar-refractivity contribution is 0.678. The predicted molar refractivity (Wildman–Crippen MR) is 96.3 cm³/mol. The van der Waals surface area contributed by atoms with Crippen molar-refractivity contribution in [1.82, 2.24) is 4.98 Å². The highest BCUT2D eigenvalue weighted by atomic mass is 15.0. The first kappa shape index (κ1) is 16.5. The summed E-state index contributed by atoms with van der Waals surface area (Å²) in [5, 5.41) is 3.41. The van der Waals surface area contributed by atoms with Crippen molar-refractivity contribution in [2.24, 2.45) is 0 Å². The number of anilines is 1. The predicted octanol–water partition coefficient (Wildman–Crippen LogP) is 5.23. The van der Waals surface area contributed by atoms with Gasteiger partial charge in [-0.3, -0.25) is 0 Å². The van der Waals surface area contributed by atoms with Crippen LogP contribution in [0.4, 0.5) is 5.82 Å². The fraction of sp³-hybridized carbons (Fsp3) is 0.450. The maximum Gasteiger partial charge on any atom is 0.129 e. The van der Waals surface area contributed by atoms with Crippen molar-refractivity contribution < 1.29 is 0 Å². The molecule has 0 fully saturated rings. The highest BCUT2D eigenvalue weighted by Crippen LogP contribution is 2.20. The third-order valence-corrected chi connectivity index (χ3v) is 4.13. The first-order valence-corrected chi connectivity index (χ1v) is 8.51. The molecule has 0 unspecified atom stereocenters. The maximum atomic E-state index is 4.75. The number of allylic oxidation sites excluding steroid dienone is 5. The molecular formula is C20H28N2. The van der Waals surface area contributed by atoms with Crippen LogP contribution in [0.2, 0.25) is 0 Å². The average Bonchev–Trinajstić information content (AvgIpc) is 2.57. The van der Waals surface area contributed by atoms with Gasteiger partial charge in [0.25, 0.3) is 0 Å². The molecule has 2 nitrogen and oxygen atoms in total. The van der Waals surface area contributed by atoms with Crippen LogP contribution in [0.1, 0.15) is 50.3 Å². The third-order valence-electron chi connectivity index (χ3n) is 4.13. The maximum absolute atomic E-state index is 4.75. The number of hydrogen-bond donors (Lipinski definition) is 1. The molecule has 22 heavy (non-hydrogen) atoms. The fourth-order valence-electron chi connectivity index (χ4n) is 2.75. The van der Waals surface area contributed by atoms with Gasteiger partial charge in [-0.05, 0) is 62.7 Å². The Bertz CT molecular complexity index is 541. The molecule has 118 valence electrons. The molecule has 1 aromatic heterocycles. The van der Waals surface area contributed by atoms with Crippen LogP contribution in [0.25, 0.3) is 0 Å². The van der Waals surface area contributed by atoms with Gasteiger partial charge < -0.3 is 5.32 Å². The lowest BCUT2D eigenvalue weighted by Gasteiger charge is -2.17. The average molecular weight is 296 g/mol. The first-order valence-electron chi connectivity index (χ1n) is 8.51. The van der Waals surface area contributed by atoms with E-state index in [4.69, 9.17) is 4.98 Å². The summed E-state index contributed by atoms with van der Waals surface area (Å²) < 4.78 is 0. The molecule has 0 radical (unpaired) electrons. The molecule has 0 bridgehead atoms. The van der Waals surface area contributed by atoms with E-state index in [1.165, 1.54) is 48.9 Å². The van der Waals surface area contributed by atoms with Crippen molar-refractivity contribution in [2.75, 3.05) is 11.9 Å². The molecule has 1 N–H and O–H groups in total. The molecule has 2 rings (SSSR count). The Labute approximate surface area is 135 Å². The van der Waals surface area contributed by atoms with Gasteiger partial charge in [-0.25, -0.2) is 4.98 Å². The van der Waals surface area contributed by atoms with Gasteiger partial charge in [0, 0.05) is 12.2 Å². The minimum Gasteiger partial charge on any atom is -0.370 e. The molecule has 1 aliphatic rings. The van der Waals surface area contributed by atoms with Gasteiger partial charge in [-0.2, -0.15) is 0 Å². The van der Waals surface area contributed by atoms with Gasteiger partial charge in [0.05, 0.1) is 0 Å². The molecule has 2 heteroatoms. The number of hydrogen-bond acceptors (Lipinski definition) is 2. The van der Waals surface area contributed by atoms with Crippen molar-refractivity contribution in [3.05, 3.63) is 59.8 Å². The molecule has 0 aromatic carbocycles. The van der Waals surface area contributed by atoms with E-state index in [0.29, 0.717) is 0 Å². The highest BCUT2D eigenvalue weighted by molar-refractivity contribution is 5.46. The normalized spacial score (nSPS) is 14.7. The quantitative estimate of drug-likeness (QED) is 0.525. The summed E-state index contributed by atoms with van der Waals surface area (Å²) in [6.45, 7) is 6.90. The van der Waals surface area contributed by atoms with Gasteiger partial charge in [0.1, 0.15) is 5.82 Å². The van der Waals surface area contributed by atoms with Crippen LogP contribution in [-0.4, -0.2) is 11.5 Å². The number of unbranched alkanes of at least 4 members (excludes halogenated alkanes) is 3. The SMILES string of the molecule is C=CC(/C=C/CCCCCc1ccc2c(n1)NCCC2)=C\C. The van der Waals surface area contributed by atoms with Gasteiger partial charge in [0.2, 0.25) is 0 Å². The molecule has 0 atom stereocenters. The Morgan fingerprint density at radius 1 is 1.32 bits per heavy atom. The topological polar surface area (TPSA) is 24.9 Å². The Kier molecular flexibility index (Phi) is 6.95. The third kappa shape index (κ3) is 5.18. The van der Waals surface area contributed by atoms with Crippen LogP contribution in [0.5, 0.6) is 0 Å². The molecule has 0 saturated heterocycles. The van der Waals surface area contributed by atoms with E-state index in [0.717, 1.165) is 25.2 Å². The Morgan fingerprint density at radius 3 is 3.05 bits per heavy atom. The molecular weight excluding hydrogens is 268 g/mol. The second-order valence-corrected chi connectivity index (χ2v) is 5.84. The van der Waals surface area contributed by atoms with Crippen molar-refractivity contribution in [2.45, 2.75) is 51.9 Å². The van der Waals surface area contributed by atoms with E-state index in [1.807, 2.05) is 13.0 Å². The van der Waals surface area contributed by atoms with Crippen LogP contribution in [0.3, 0.4) is 0 Å². The van der Waals surface area contributed by atoms with Gasteiger partial charge in [0.15, 0.2) is 0 Å². The lowest BCUT2D eigenvalue weighted by Crippen LogP contribution is -2.13. The number of pyridine rings is 1. The molecule has 0 spiro atoms. The molecule has 0 amide bonds. The lowest BCUT2D eigenvalue weighted by atomic mass is 10.0. The molecule has 1 aliphatic heterocycles. The number of rotatable bonds is 8. The summed E-state index contributed by atoms with van der Waals surface area (Å²) in [6.07, 6.45) is 16.7. The van der Waals surface area contributed by atoms with E-state index in [2.05, 4.69) is 42.3 Å². The summed E-state index contributed by atoms with van der Waals surface area (Å²) in [4.78, 5) is 4.75. The van der Waals surface area contributed by atoms with Crippen molar-refractivity contribution in [1.29, 1.82) is 0 Å². The zero-order chi connectivity index (χ0) is 15.6. The number of fused-ring (bicyclic) bond motifs is 1. The molecule has 1 aromatic rings. The summed E-state index contributed by atoms with van der Waals surface area (Å²) >= 11 is 0. The number of aromatic nitrogens is 1. The fourth-order valence-corrected chi connectivity index (χ4v) is 2.75. The standard InChI is InChI=1S/C20H28N2/c1-3-17(4-2)11-8-6-5-7-9-13-19-15-14-18-12-10-16-21-20(18)22-19/h3-4,8,11,14-15H,1,5-7,9-10,12-13,16H2,2H3,(H,21,22)/b11-8+,17-4+. The molecule has 0 aliphatic carbocycles. The zero-order valence-corrected chi connectivity index (χ0v) is 13.8. The van der Waals surface area contributed by atoms with E-state index in [1.54, 1.807) is 0 Å². The minimum atomic E-state index is 1.06. The highest BCUT2D eigenvalue weighted by Gasteiger charge is 2.09. The largest absolute Gasteiger partial charge is 0.370 e. The minimum absolute atomic E-state index is 1.06. The van der Waals surface area contributed by atoms with Crippen LogP contribution < -0.4 is 5.32 Å². The smallest absolute Gasteiger partial charge is 0.129 e. The van der Waals surface area contributed by atoms with E-state index >= 15 is 0 Å². The Hall–Kier alpha value is -1.83. The second-order valence-electron chi connectivity index (χ2n) is 5.84. The Morgan fingerprint density at radius 2 is 2.23 bits per heavy atom. The van der Waals surface area contributed by atoms with Crippen molar-refractivity contribution >= 4 is 5.82 Å². The Balaban J connectivity index is 1.66. The summed E-state index contributed by atoms with van der Waals surface area (Å²) in [7, 11) is 0. The summed E-state index contributed by atoms with van der Waals surface area (Å²) in [5.74, 6) is 1.12. The van der Waals surface area contributed by atoms with Crippen LogP contribution in [0.15, 0.2) is 48.6 Å². The van der Waals surface area contributed by atoms with Crippen LogP contribution in [0, 0.1) is 0 Å². The summed E-state index contributed by atoms with van der Waals surface area (Å²) in [6, 6.07) is 4.45. The number of nitrogens with zero attached hydrogens (tertiary/aromatic N) is 1. The monoisotopic (exact) mass is 296 g/mol. The van der Waals surface area contributed by atoms with Crippen molar-refractivity contribution in [3.63, 3.8) is 0 Å². The van der Waals surface area contributed by atoms with Gasteiger partial charge in [-0.15, -0.1) is 0 Å². The first-order chi connectivity index (χ1) is 10.8. The van der Waals surface area contributed by atoms with Crippen molar-refractivity contribution in [3.8, 4) is 0 Å². The summed E-state index contributed by atoms with van der Waals surface area (Å²) in [5.41, 5.74) is 3.81.